The molecule has 0 aliphatic carbocycles. The van der Waals surface area contributed by atoms with Crippen molar-refractivity contribution in [2.45, 2.75) is 19.9 Å². The predicted molar refractivity (Wildman–Crippen MR) is 72.2 cm³/mol. The van der Waals surface area contributed by atoms with Crippen LogP contribution < -0.4 is 10.1 Å². The van der Waals surface area contributed by atoms with E-state index < -0.39 is 0 Å². The topological polar surface area (TPSA) is 72.8 Å². The first-order valence-corrected chi connectivity index (χ1v) is 6.34. The van der Waals surface area contributed by atoms with Gasteiger partial charge in [0, 0.05) is 6.20 Å². The number of hydrogen-bond acceptors (Lipinski definition) is 6. The molecule has 100 valence electrons. The minimum atomic E-state index is 0.102. The van der Waals surface area contributed by atoms with Crippen molar-refractivity contribution in [1.82, 2.24) is 19.9 Å². The van der Waals surface area contributed by atoms with Crippen LogP contribution in [0.3, 0.4) is 0 Å². The van der Waals surface area contributed by atoms with Crippen LogP contribution in [0.4, 0.5) is 5.95 Å². The van der Waals surface area contributed by atoms with Gasteiger partial charge in [-0.15, -0.1) is 0 Å². The van der Waals surface area contributed by atoms with Crippen LogP contribution in [0.5, 0.6) is 6.01 Å². The number of hydrogen-bond donors (Lipinski definition) is 1. The normalized spacial score (nSPS) is 10.2. The van der Waals surface area contributed by atoms with Gasteiger partial charge in [0.1, 0.15) is 0 Å². The van der Waals surface area contributed by atoms with E-state index in [1.807, 2.05) is 25.1 Å². The molecule has 2 rings (SSSR count). The molecule has 19 heavy (non-hydrogen) atoms. The molecule has 0 aromatic carbocycles. The van der Waals surface area contributed by atoms with Gasteiger partial charge in [0.05, 0.1) is 18.8 Å². The highest BCUT2D eigenvalue weighted by molar-refractivity contribution is 6.28. The quantitative estimate of drug-likeness (QED) is 0.875. The van der Waals surface area contributed by atoms with Crippen molar-refractivity contribution >= 4 is 17.5 Å². The Bertz CT molecular complexity index is 523. The second-order valence-electron chi connectivity index (χ2n) is 3.73. The van der Waals surface area contributed by atoms with Crippen molar-refractivity contribution in [3.05, 3.63) is 35.4 Å². The monoisotopic (exact) mass is 279 g/mol. The summed E-state index contributed by atoms with van der Waals surface area (Å²) in [4.78, 5) is 16.2. The molecule has 2 aromatic rings. The molecule has 0 unspecified atom stereocenters. The van der Waals surface area contributed by atoms with Crippen molar-refractivity contribution < 1.29 is 4.74 Å². The van der Waals surface area contributed by atoms with Gasteiger partial charge in [0.15, 0.2) is 0 Å². The van der Waals surface area contributed by atoms with E-state index in [1.54, 1.807) is 6.20 Å². The Balaban J connectivity index is 2.01. The van der Waals surface area contributed by atoms with E-state index in [4.69, 9.17) is 16.3 Å². The largest absolute Gasteiger partial charge is 0.463 e. The van der Waals surface area contributed by atoms with Crippen molar-refractivity contribution in [1.29, 1.82) is 0 Å². The summed E-state index contributed by atoms with van der Waals surface area (Å²) in [5.74, 6) is 0.372. The van der Waals surface area contributed by atoms with Crippen LogP contribution in [0.1, 0.15) is 19.0 Å². The fraction of sp³-hybridized carbons (Fsp3) is 0.333. The predicted octanol–water partition coefficient (Wildman–Crippen LogP) is 2.32. The molecule has 0 atom stereocenters. The molecular formula is C12H14ClN5O. The molecule has 0 saturated heterocycles. The van der Waals surface area contributed by atoms with Crippen LogP contribution in [0.25, 0.3) is 0 Å². The van der Waals surface area contributed by atoms with Crippen LogP contribution in [-0.2, 0) is 6.54 Å². The molecule has 0 spiro atoms. The van der Waals surface area contributed by atoms with Crippen LogP contribution in [0, 0.1) is 0 Å². The van der Waals surface area contributed by atoms with Gasteiger partial charge in [-0.25, -0.2) is 0 Å². The Morgan fingerprint density at radius 3 is 2.89 bits per heavy atom. The van der Waals surface area contributed by atoms with Crippen LogP contribution in [0.15, 0.2) is 24.4 Å². The van der Waals surface area contributed by atoms with E-state index in [9.17, 15) is 0 Å². The molecular weight excluding hydrogens is 266 g/mol. The van der Waals surface area contributed by atoms with Gasteiger partial charge in [-0.1, -0.05) is 13.0 Å². The highest BCUT2D eigenvalue weighted by Crippen LogP contribution is 2.12. The number of anilines is 1. The van der Waals surface area contributed by atoms with Crippen molar-refractivity contribution in [3.63, 3.8) is 0 Å². The molecule has 2 heterocycles. The summed E-state index contributed by atoms with van der Waals surface area (Å²) >= 11 is 5.81. The standard InChI is InChI=1S/C12H14ClN5O/c1-2-7-19-12-17-10(13)16-11(18-12)15-8-9-5-3-4-6-14-9/h3-6H,2,7-8H2,1H3,(H,15,16,17,18). The number of pyridine rings is 1. The van der Waals surface area contributed by atoms with Gasteiger partial charge in [0.2, 0.25) is 11.2 Å². The maximum absolute atomic E-state index is 5.81. The van der Waals surface area contributed by atoms with Crippen LogP contribution >= 0.6 is 11.6 Å². The lowest BCUT2D eigenvalue weighted by molar-refractivity contribution is 0.291. The Kier molecular flexibility index (Phi) is 4.85. The Morgan fingerprint density at radius 1 is 1.26 bits per heavy atom. The lowest BCUT2D eigenvalue weighted by Gasteiger charge is -2.06. The van der Waals surface area contributed by atoms with E-state index in [-0.39, 0.29) is 11.3 Å². The summed E-state index contributed by atoms with van der Waals surface area (Å²) in [5, 5.41) is 3.13. The lowest BCUT2D eigenvalue weighted by atomic mass is 10.3. The fourth-order valence-corrected chi connectivity index (χ4v) is 1.49. The molecule has 0 aliphatic rings. The van der Waals surface area contributed by atoms with Gasteiger partial charge in [0.25, 0.3) is 0 Å². The molecule has 2 aromatic heterocycles. The average molecular weight is 280 g/mol. The Morgan fingerprint density at radius 2 is 2.16 bits per heavy atom. The zero-order valence-electron chi connectivity index (χ0n) is 10.5. The number of halogens is 1. The maximum atomic E-state index is 5.81. The summed E-state index contributed by atoms with van der Waals surface area (Å²) in [6.45, 7) is 3.05. The maximum Gasteiger partial charge on any atom is 0.322 e. The van der Waals surface area contributed by atoms with E-state index in [1.165, 1.54) is 0 Å². The van der Waals surface area contributed by atoms with Crippen molar-refractivity contribution in [2.24, 2.45) is 0 Å². The zero-order valence-corrected chi connectivity index (χ0v) is 11.3. The van der Waals surface area contributed by atoms with E-state index >= 15 is 0 Å². The highest BCUT2D eigenvalue weighted by atomic mass is 35.5. The second-order valence-corrected chi connectivity index (χ2v) is 4.07. The molecule has 1 N–H and O–H groups in total. The van der Waals surface area contributed by atoms with E-state index in [0.717, 1.165) is 12.1 Å². The molecule has 0 radical (unpaired) electrons. The second kappa shape index (κ2) is 6.84. The average Bonchev–Trinajstić information content (AvgIpc) is 2.43. The Labute approximate surface area is 116 Å². The molecule has 0 amide bonds. The van der Waals surface area contributed by atoms with E-state index in [2.05, 4.69) is 25.3 Å². The lowest BCUT2D eigenvalue weighted by Crippen LogP contribution is -2.08. The van der Waals surface area contributed by atoms with Gasteiger partial charge in [-0.2, -0.15) is 15.0 Å². The summed E-state index contributed by atoms with van der Waals surface area (Å²) in [6.07, 6.45) is 2.60. The minimum absolute atomic E-state index is 0.102. The first-order valence-electron chi connectivity index (χ1n) is 5.96. The molecule has 6 nitrogen and oxygen atoms in total. The molecule has 0 fully saturated rings. The molecule has 0 saturated carbocycles. The Hall–Kier alpha value is -1.95. The summed E-state index contributed by atoms with van der Waals surface area (Å²) in [6, 6.07) is 5.91. The first-order chi connectivity index (χ1) is 9.28. The SMILES string of the molecule is CCCOc1nc(Cl)nc(NCc2ccccn2)n1. The third-order valence-electron chi connectivity index (χ3n) is 2.18. The van der Waals surface area contributed by atoms with Gasteiger partial charge >= 0.3 is 6.01 Å². The summed E-state index contributed by atoms with van der Waals surface area (Å²) in [7, 11) is 0. The minimum Gasteiger partial charge on any atom is -0.463 e. The molecule has 7 heteroatoms. The fourth-order valence-electron chi connectivity index (χ4n) is 1.34. The third-order valence-corrected chi connectivity index (χ3v) is 2.35. The third kappa shape index (κ3) is 4.33. The van der Waals surface area contributed by atoms with Gasteiger partial charge in [-0.3, -0.25) is 4.98 Å². The molecule has 0 aliphatic heterocycles. The smallest absolute Gasteiger partial charge is 0.322 e. The summed E-state index contributed by atoms with van der Waals surface area (Å²) < 4.78 is 5.33. The number of ether oxygens (including phenoxy) is 1. The van der Waals surface area contributed by atoms with Gasteiger partial charge < -0.3 is 10.1 Å². The number of aromatic nitrogens is 4. The van der Waals surface area contributed by atoms with Gasteiger partial charge in [-0.05, 0) is 30.2 Å². The molecule has 0 bridgehead atoms. The van der Waals surface area contributed by atoms with Crippen LogP contribution in [-0.4, -0.2) is 26.5 Å². The number of rotatable bonds is 6. The zero-order chi connectivity index (χ0) is 13.5. The summed E-state index contributed by atoms with van der Waals surface area (Å²) in [5.41, 5.74) is 0.884. The number of nitrogens with zero attached hydrogens (tertiary/aromatic N) is 4. The highest BCUT2D eigenvalue weighted by Gasteiger charge is 2.05. The van der Waals surface area contributed by atoms with E-state index in [0.29, 0.717) is 19.1 Å². The van der Waals surface area contributed by atoms with Crippen LogP contribution in [0.2, 0.25) is 5.28 Å². The first kappa shape index (κ1) is 13.5. The van der Waals surface area contributed by atoms with Crippen molar-refractivity contribution in [2.75, 3.05) is 11.9 Å². The van der Waals surface area contributed by atoms with Crippen molar-refractivity contribution in [3.8, 4) is 6.01 Å². The number of nitrogens with one attached hydrogen (secondary N) is 1.